The van der Waals surface area contributed by atoms with Crippen LogP contribution in [-0.2, 0) is 6.42 Å². The average molecular weight is 323 g/mol. The number of halogens is 1. The number of carbonyl (C=O) groups is 1. The molecule has 1 unspecified atom stereocenters. The summed E-state index contributed by atoms with van der Waals surface area (Å²) in [6.45, 7) is 1.99. The molecule has 1 amide bonds. The second kappa shape index (κ2) is 5.61. The number of nitrogens with one attached hydrogen (secondary N) is 1. The summed E-state index contributed by atoms with van der Waals surface area (Å²) in [4.78, 5) is 21.9. The number of pyridine rings is 1. The molecule has 3 N–H and O–H groups in total. The SMILES string of the molecule is Cc1nc2c(s1)C(NC(=O)c1cnc(N)c(Cl)c1)CCC2. The zero-order chi connectivity index (χ0) is 15.0. The Kier molecular flexibility index (Phi) is 3.82. The molecule has 2 aromatic rings. The number of aryl methyl sites for hydroxylation is 2. The summed E-state index contributed by atoms with van der Waals surface area (Å²) in [5, 5.41) is 4.38. The van der Waals surface area contributed by atoms with Crippen LogP contribution in [0.15, 0.2) is 12.3 Å². The summed E-state index contributed by atoms with van der Waals surface area (Å²) in [6, 6.07) is 1.56. The van der Waals surface area contributed by atoms with E-state index in [9.17, 15) is 4.79 Å². The molecular formula is C14H15ClN4OS. The van der Waals surface area contributed by atoms with Crippen molar-refractivity contribution in [3.63, 3.8) is 0 Å². The largest absolute Gasteiger partial charge is 0.382 e. The molecule has 0 saturated carbocycles. The van der Waals surface area contributed by atoms with Crippen LogP contribution in [0.5, 0.6) is 0 Å². The highest BCUT2D eigenvalue weighted by Gasteiger charge is 2.25. The summed E-state index contributed by atoms with van der Waals surface area (Å²) in [5.41, 5.74) is 7.09. The molecule has 2 heterocycles. The minimum Gasteiger partial charge on any atom is -0.382 e. The number of amides is 1. The highest BCUT2D eigenvalue weighted by Crippen LogP contribution is 2.34. The fourth-order valence-corrected chi connectivity index (χ4v) is 3.72. The van der Waals surface area contributed by atoms with Crippen molar-refractivity contribution in [3.05, 3.63) is 38.4 Å². The van der Waals surface area contributed by atoms with Crippen LogP contribution >= 0.6 is 22.9 Å². The van der Waals surface area contributed by atoms with E-state index in [4.69, 9.17) is 17.3 Å². The number of anilines is 1. The van der Waals surface area contributed by atoms with Gasteiger partial charge >= 0.3 is 0 Å². The van der Waals surface area contributed by atoms with E-state index in [2.05, 4.69) is 15.3 Å². The fraction of sp³-hybridized carbons (Fsp3) is 0.357. The van der Waals surface area contributed by atoms with Gasteiger partial charge in [0.2, 0.25) is 0 Å². The first-order valence-corrected chi connectivity index (χ1v) is 7.92. The first-order valence-electron chi connectivity index (χ1n) is 6.72. The van der Waals surface area contributed by atoms with Crippen molar-refractivity contribution in [2.45, 2.75) is 32.2 Å². The van der Waals surface area contributed by atoms with Gasteiger partial charge in [-0.2, -0.15) is 0 Å². The molecule has 3 rings (SSSR count). The van der Waals surface area contributed by atoms with Crippen LogP contribution in [-0.4, -0.2) is 15.9 Å². The van der Waals surface area contributed by atoms with Gasteiger partial charge < -0.3 is 11.1 Å². The number of carbonyl (C=O) groups excluding carboxylic acids is 1. The fourth-order valence-electron chi connectivity index (χ4n) is 2.49. The molecule has 0 aromatic carbocycles. The molecule has 0 saturated heterocycles. The lowest BCUT2D eigenvalue weighted by atomic mass is 9.98. The van der Waals surface area contributed by atoms with Gasteiger partial charge in [-0.15, -0.1) is 11.3 Å². The van der Waals surface area contributed by atoms with E-state index in [1.807, 2.05) is 6.92 Å². The molecule has 110 valence electrons. The summed E-state index contributed by atoms with van der Waals surface area (Å²) in [6.07, 6.45) is 4.39. The zero-order valence-electron chi connectivity index (χ0n) is 11.5. The quantitative estimate of drug-likeness (QED) is 0.890. The molecule has 0 radical (unpaired) electrons. The van der Waals surface area contributed by atoms with E-state index in [1.165, 1.54) is 11.1 Å². The standard InChI is InChI=1S/C14H15ClN4OS/c1-7-18-10-3-2-4-11(12(10)21-7)19-14(20)8-5-9(15)13(16)17-6-8/h5-6,11H,2-4H2,1H3,(H2,16,17)(H,19,20). The molecule has 0 spiro atoms. The molecule has 1 atom stereocenters. The first kappa shape index (κ1) is 14.3. The molecule has 1 aliphatic carbocycles. The van der Waals surface area contributed by atoms with Crippen LogP contribution in [0.2, 0.25) is 5.02 Å². The predicted molar refractivity (Wildman–Crippen MR) is 83.7 cm³/mol. The summed E-state index contributed by atoms with van der Waals surface area (Å²) in [5.74, 6) is 0.0413. The molecular weight excluding hydrogens is 308 g/mol. The molecule has 0 bridgehead atoms. The molecule has 5 nitrogen and oxygen atoms in total. The number of nitrogens with two attached hydrogens (primary N) is 1. The van der Waals surface area contributed by atoms with E-state index in [0.29, 0.717) is 10.6 Å². The second-order valence-electron chi connectivity index (χ2n) is 5.05. The number of fused-ring (bicyclic) bond motifs is 1. The Hall–Kier alpha value is -1.66. The molecule has 0 aliphatic heterocycles. The summed E-state index contributed by atoms with van der Waals surface area (Å²) < 4.78 is 0. The minimum absolute atomic E-state index is 0.0174. The maximum atomic E-state index is 12.3. The number of hydrogen-bond donors (Lipinski definition) is 2. The van der Waals surface area contributed by atoms with Gasteiger partial charge in [0.25, 0.3) is 5.91 Å². The third kappa shape index (κ3) is 2.87. The Morgan fingerprint density at radius 2 is 2.38 bits per heavy atom. The average Bonchev–Trinajstić information content (AvgIpc) is 2.83. The van der Waals surface area contributed by atoms with Crippen molar-refractivity contribution in [1.29, 1.82) is 0 Å². The topological polar surface area (TPSA) is 80.9 Å². The number of nitrogen functional groups attached to an aromatic ring is 1. The first-order chi connectivity index (χ1) is 10.0. The van der Waals surface area contributed by atoms with Gasteiger partial charge in [0, 0.05) is 6.20 Å². The Bertz CT molecular complexity index is 700. The van der Waals surface area contributed by atoms with Gasteiger partial charge in [0.15, 0.2) is 0 Å². The normalized spacial score (nSPS) is 17.3. The number of nitrogens with zero attached hydrogens (tertiary/aromatic N) is 2. The minimum atomic E-state index is -0.187. The van der Waals surface area contributed by atoms with Crippen molar-refractivity contribution in [1.82, 2.24) is 15.3 Å². The van der Waals surface area contributed by atoms with Crippen LogP contribution in [0.4, 0.5) is 5.82 Å². The van der Waals surface area contributed by atoms with E-state index in [0.717, 1.165) is 30.0 Å². The Morgan fingerprint density at radius 1 is 1.57 bits per heavy atom. The highest BCUT2D eigenvalue weighted by atomic mass is 35.5. The number of rotatable bonds is 2. The maximum absolute atomic E-state index is 12.3. The van der Waals surface area contributed by atoms with Crippen LogP contribution in [0.1, 0.15) is 44.8 Å². The molecule has 2 aromatic heterocycles. The molecule has 7 heteroatoms. The summed E-state index contributed by atoms with van der Waals surface area (Å²) >= 11 is 7.56. The highest BCUT2D eigenvalue weighted by molar-refractivity contribution is 7.11. The van der Waals surface area contributed by atoms with Crippen LogP contribution in [0.3, 0.4) is 0 Å². The third-order valence-corrected chi connectivity index (χ3v) is 4.92. The van der Waals surface area contributed by atoms with Gasteiger partial charge in [-0.3, -0.25) is 4.79 Å². The van der Waals surface area contributed by atoms with Crippen LogP contribution < -0.4 is 11.1 Å². The van der Waals surface area contributed by atoms with Crippen molar-refractivity contribution in [3.8, 4) is 0 Å². The van der Waals surface area contributed by atoms with E-state index >= 15 is 0 Å². The van der Waals surface area contributed by atoms with Gasteiger partial charge in [-0.05, 0) is 32.3 Å². The second-order valence-corrected chi connectivity index (χ2v) is 6.70. The third-order valence-electron chi connectivity index (χ3n) is 3.49. The van der Waals surface area contributed by atoms with Crippen molar-refractivity contribution < 1.29 is 4.79 Å². The van der Waals surface area contributed by atoms with Crippen molar-refractivity contribution in [2.75, 3.05) is 5.73 Å². The zero-order valence-corrected chi connectivity index (χ0v) is 13.1. The number of aromatic nitrogens is 2. The maximum Gasteiger partial charge on any atom is 0.253 e. The molecule has 1 aliphatic rings. The monoisotopic (exact) mass is 322 g/mol. The molecule has 21 heavy (non-hydrogen) atoms. The van der Waals surface area contributed by atoms with E-state index < -0.39 is 0 Å². The Morgan fingerprint density at radius 3 is 3.14 bits per heavy atom. The number of thiazole rings is 1. The predicted octanol–water partition coefficient (Wildman–Crippen LogP) is 2.89. The lowest BCUT2D eigenvalue weighted by molar-refractivity contribution is 0.0933. The Balaban J connectivity index is 1.80. The van der Waals surface area contributed by atoms with Crippen LogP contribution in [0, 0.1) is 6.92 Å². The van der Waals surface area contributed by atoms with Gasteiger partial charge in [-0.1, -0.05) is 11.6 Å². The lowest BCUT2D eigenvalue weighted by Crippen LogP contribution is -2.30. The van der Waals surface area contributed by atoms with E-state index in [1.54, 1.807) is 17.4 Å². The van der Waals surface area contributed by atoms with Crippen molar-refractivity contribution in [2.24, 2.45) is 0 Å². The number of hydrogen-bond acceptors (Lipinski definition) is 5. The molecule has 0 fully saturated rings. The van der Waals surface area contributed by atoms with Gasteiger partial charge in [-0.25, -0.2) is 9.97 Å². The van der Waals surface area contributed by atoms with E-state index in [-0.39, 0.29) is 17.8 Å². The van der Waals surface area contributed by atoms with Gasteiger partial charge in [0.1, 0.15) is 5.82 Å². The van der Waals surface area contributed by atoms with Crippen molar-refractivity contribution >= 4 is 34.7 Å². The lowest BCUT2D eigenvalue weighted by Gasteiger charge is -2.22. The van der Waals surface area contributed by atoms with Crippen LogP contribution in [0.25, 0.3) is 0 Å². The Labute approximate surface area is 131 Å². The smallest absolute Gasteiger partial charge is 0.253 e. The van der Waals surface area contributed by atoms with Gasteiger partial charge in [0.05, 0.1) is 32.2 Å². The summed E-state index contributed by atoms with van der Waals surface area (Å²) in [7, 11) is 0.